The molecule has 0 N–H and O–H groups in total. The first-order chi connectivity index (χ1) is 13.0. The number of hydrogen-bond acceptors (Lipinski definition) is 5. The van der Waals surface area contributed by atoms with E-state index in [0.717, 1.165) is 38.3 Å². The summed E-state index contributed by atoms with van der Waals surface area (Å²) in [6, 6.07) is 9.03. The third kappa shape index (κ3) is 4.65. The minimum absolute atomic E-state index is 0.0277. The van der Waals surface area contributed by atoms with Gasteiger partial charge in [-0.1, -0.05) is 0 Å². The van der Waals surface area contributed by atoms with Crippen molar-refractivity contribution in [3.8, 4) is 6.07 Å². The van der Waals surface area contributed by atoms with E-state index >= 15 is 0 Å². The lowest BCUT2D eigenvalue weighted by Gasteiger charge is -2.40. The Morgan fingerprint density at radius 2 is 1.93 bits per heavy atom. The molecule has 0 aliphatic carbocycles. The van der Waals surface area contributed by atoms with Crippen molar-refractivity contribution in [2.45, 2.75) is 19.4 Å². The molecule has 7 heteroatoms. The van der Waals surface area contributed by atoms with Crippen molar-refractivity contribution in [3.63, 3.8) is 0 Å². The van der Waals surface area contributed by atoms with Crippen molar-refractivity contribution in [2.75, 3.05) is 57.8 Å². The molecule has 7 nitrogen and oxygen atoms in total. The fourth-order valence-corrected chi connectivity index (χ4v) is 3.69. The Morgan fingerprint density at radius 3 is 2.63 bits per heavy atom. The van der Waals surface area contributed by atoms with Gasteiger partial charge in [-0.3, -0.25) is 14.5 Å². The van der Waals surface area contributed by atoms with Gasteiger partial charge in [-0.05, 0) is 57.7 Å². The van der Waals surface area contributed by atoms with Crippen molar-refractivity contribution < 1.29 is 9.59 Å². The third-order valence-electron chi connectivity index (χ3n) is 5.38. The number of benzene rings is 1. The molecule has 2 amide bonds. The Kier molecular flexibility index (Phi) is 6.09. The highest BCUT2D eigenvalue weighted by Crippen LogP contribution is 2.21. The largest absolute Gasteiger partial charge is 0.328 e. The predicted molar refractivity (Wildman–Crippen MR) is 103 cm³/mol. The van der Waals surface area contributed by atoms with Gasteiger partial charge in [0.15, 0.2) is 0 Å². The summed E-state index contributed by atoms with van der Waals surface area (Å²) in [5.41, 5.74) is 1.34. The van der Waals surface area contributed by atoms with Crippen LogP contribution in [0, 0.1) is 11.3 Å². The molecule has 2 aliphatic heterocycles. The summed E-state index contributed by atoms with van der Waals surface area (Å²) in [7, 11) is 2.11. The van der Waals surface area contributed by atoms with E-state index in [-0.39, 0.29) is 24.4 Å². The van der Waals surface area contributed by atoms with Crippen LogP contribution < -0.4 is 4.90 Å². The standard InChI is InChI=1S/C20H27N5O2/c1-16-13-25(18-6-4-17(12-21)5-7-18)20(27)15-24(16)19(26)14-23-9-3-8-22(2)10-11-23/h4-7,16H,3,8-11,13-15H2,1-2H3/t16-/m1/s1. The number of nitriles is 1. The van der Waals surface area contributed by atoms with Gasteiger partial charge in [0.2, 0.25) is 11.8 Å². The van der Waals surface area contributed by atoms with Crippen molar-refractivity contribution in [2.24, 2.45) is 0 Å². The van der Waals surface area contributed by atoms with Crippen LogP contribution in [-0.2, 0) is 9.59 Å². The molecule has 3 rings (SSSR count). The van der Waals surface area contributed by atoms with Crippen LogP contribution in [0.2, 0.25) is 0 Å². The van der Waals surface area contributed by atoms with Crippen molar-refractivity contribution in [1.29, 1.82) is 5.26 Å². The minimum Gasteiger partial charge on any atom is -0.328 e. The van der Waals surface area contributed by atoms with Gasteiger partial charge in [0, 0.05) is 31.4 Å². The number of carbonyl (C=O) groups is 2. The zero-order valence-corrected chi connectivity index (χ0v) is 16.1. The molecule has 2 saturated heterocycles. The van der Waals surface area contributed by atoms with Gasteiger partial charge < -0.3 is 14.7 Å². The summed E-state index contributed by atoms with van der Waals surface area (Å²) in [5, 5.41) is 8.91. The normalized spacial score (nSPS) is 22.4. The van der Waals surface area contributed by atoms with E-state index in [0.29, 0.717) is 18.7 Å². The van der Waals surface area contributed by atoms with Crippen molar-refractivity contribution in [3.05, 3.63) is 29.8 Å². The number of hydrogen-bond donors (Lipinski definition) is 0. The fraction of sp³-hybridized carbons (Fsp3) is 0.550. The van der Waals surface area contributed by atoms with E-state index in [9.17, 15) is 9.59 Å². The number of rotatable bonds is 3. The predicted octanol–water partition coefficient (Wildman–Crippen LogP) is 0.759. The van der Waals surface area contributed by atoms with Gasteiger partial charge in [-0.25, -0.2) is 0 Å². The van der Waals surface area contributed by atoms with E-state index < -0.39 is 0 Å². The first-order valence-corrected chi connectivity index (χ1v) is 9.49. The molecule has 1 aromatic carbocycles. The molecular formula is C20H27N5O2. The van der Waals surface area contributed by atoms with Gasteiger partial charge in [0.05, 0.1) is 18.2 Å². The molecule has 0 saturated carbocycles. The Bertz CT molecular complexity index is 727. The van der Waals surface area contributed by atoms with Crippen molar-refractivity contribution >= 4 is 17.5 Å². The molecule has 2 fully saturated rings. The van der Waals surface area contributed by atoms with Gasteiger partial charge in [0.25, 0.3) is 0 Å². The van der Waals surface area contributed by atoms with Gasteiger partial charge in [-0.2, -0.15) is 5.26 Å². The molecule has 0 spiro atoms. The minimum atomic E-state index is -0.0817. The zero-order chi connectivity index (χ0) is 19.4. The maximum absolute atomic E-state index is 12.8. The summed E-state index contributed by atoms with van der Waals surface area (Å²) in [6.07, 6.45) is 1.06. The molecule has 27 heavy (non-hydrogen) atoms. The zero-order valence-electron chi connectivity index (χ0n) is 16.1. The molecule has 144 valence electrons. The maximum atomic E-state index is 12.8. The van der Waals surface area contributed by atoms with Crippen LogP contribution in [0.5, 0.6) is 0 Å². The average Bonchev–Trinajstić information content (AvgIpc) is 2.87. The summed E-state index contributed by atoms with van der Waals surface area (Å²) in [6.45, 7) is 6.77. The molecule has 1 aromatic rings. The Morgan fingerprint density at radius 1 is 1.19 bits per heavy atom. The van der Waals surface area contributed by atoms with Crippen LogP contribution in [0.3, 0.4) is 0 Å². The Hall–Kier alpha value is -2.43. The summed E-state index contributed by atoms with van der Waals surface area (Å²) >= 11 is 0. The van der Waals surface area contributed by atoms with Crippen molar-refractivity contribution in [1.82, 2.24) is 14.7 Å². The van der Waals surface area contributed by atoms with E-state index in [1.807, 2.05) is 6.92 Å². The van der Waals surface area contributed by atoms with E-state index in [2.05, 4.69) is 22.9 Å². The molecule has 0 radical (unpaired) electrons. The number of amides is 2. The molecule has 0 unspecified atom stereocenters. The first kappa shape index (κ1) is 19.3. The van der Waals surface area contributed by atoms with Crippen LogP contribution >= 0.6 is 0 Å². The maximum Gasteiger partial charge on any atom is 0.246 e. The molecule has 0 bridgehead atoms. The van der Waals surface area contributed by atoms with Gasteiger partial charge in [-0.15, -0.1) is 0 Å². The van der Waals surface area contributed by atoms with Crippen LogP contribution in [0.4, 0.5) is 5.69 Å². The van der Waals surface area contributed by atoms with Crippen LogP contribution in [-0.4, -0.2) is 85.4 Å². The highest BCUT2D eigenvalue weighted by atomic mass is 16.2. The second-order valence-corrected chi connectivity index (χ2v) is 7.47. The lowest BCUT2D eigenvalue weighted by molar-refractivity contribution is -0.140. The Labute approximate surface area is 160 Å². The van der Waals surface area contributed by atoms with Crippen LogP contribution in [0.1, 0.15) is 18.9 Å². The molecular weight excluding hydrogens is 342 g/mol. The van der Waals surface area contributed by atoms with Crippen LogP contribution in [0.15, 0.2) is 24.3 Å². The van der Waals surface area contributed by atoms with E-state index in [1.165, 1.54) is 0 Å². The second kappa shape index (κ2) is 8.51. The lowest BCUT2D eigenvalue weighted by atomic mass is 10.1. The average molecular weight is 369 g/mol. The molecule has 1 atom stereocenters. The Balaban J connectivity index is 1.61. The van der Waals surface area contributed by atoms with E-state index in [1.54, 1.807) is 34.1 Å². The number of carbonyl (C=O) groups excluding carboxylic acids is 2. The summed E-state index contributed by atoms with van der Waals surface area (Å²) < 4.78 is 0. The topological polar surface area (TPSA) is 70.9 Å². The van der Waals surface area contributed by atoms with Gasteiger partial charge in [0.1, 0.15) is 6.54 Å². The number of anilines is 1. The van der Waals surface area contributed by atoms with E-state index in [4.69, 9.17) is 5.26 Å². The molecule has 2 aliphatic rings. The third-order valence-corrected chi connectivity index (χ3v) is 5.38. The highest BCUT2D eigenvalue weighted by molar-refractivity contribution is 5.98. The second-order valence-electron chi connectivity index (χ2n) is 7.47. The number of piperazine rings is 1. The summed E-state index contributed by atoms with van der Waals surface area (Å²) in [5.74, 6) is -0.0540. The molecule has 0 aromatic heterocycles. The molecule has 2 heterocycles. The smallest absolute Gasteiger partial charge is 0.246 e. The highest BCUT2D eigenvalue weighted by Gasteiger charge is 2.33. The van der Waals surface area contributed by atoms with Crippen LogP contribution in [0.25, 0.3) is 0 Å². The first-order valence-electron chi connectivity index (χ1n) is 9.49. The lowest BCUT2D eigenvalue weighted by Crippen LogP contribution is -2.58. The monoisotopic (exact) mass is 369 g/mol. The van der Waals surface area contributed by atoms with Gasteiger partial charge >= 0.3 is 0 Å². The SMILES string of the molecule is C[C@@H]1CN(c2ccc(C#N)cc2)C(=O)CN1C(=O)CN1CCCN(C)CC1. The fourth-order valence-electron chi connectivity index (χ4n) is 3.69. The number of nitrogens with zero attached hydrogens (tertiary/aromatic N) is 5. The number of likely N-dealkylation sites (N-methyl/N-ethyl adjacent to an activating group) is 1. The quantitative estimate of drug-likeness (QED) is 0.787. The summed E-state index contributed by atoms with van der Waals surface area (Å²) in [4.78, 5) is 33.3.